The summed E-state index contributed by atoms with van der Waals surface area (Å²) in [6.45, 7) is 4.27. The molecule has 3 heteroatoms. The Morgan fingerprint density at radius 2 is 2.00 bits per heavy atom. The summed E-state index contributed by atoms with van der Waals surface area (Å²) in [6.07, 6.45) is 0. The normalized spacial score (nSPS) is 10.4. The average molecular weight is 219 g/mol. The fourth-order valence-electron chi connectivity index (χ4n) is 1.52. The molecule has 1 N–H and O–H groups in total. The van der Waals surface area contributed by atoms with E-state index in [0.717, 1.165) is 17.2 Å². The molecule has 0 saturated heterocycles. The first kappa shape index (κ1) is 10.7. The number of rotatable bonds is 3. The highest BCUT2D eigenvalue weighted by atomic mass is 19.1. The van der Waals surface area contributed by atoms with Crippen molar-refractivity contribution in [3.05, 3.63) is 53.2 Å². The van der Waals surface area contributed by atoms with Crippen molar-refractivity contribution in [1.82, 2.24) is 0 Å². The van der Waals surface area contributed by atoms with Crippen LogP contribution in [0.2, 0.25) is 0 Å². The maximum absolute atomic E-state index is 13.0. The van der Waals surface area contributed by atoms with E-state index in [9.17, 15) is 4.39 Å². The van der Waals surface area contributed by atoms with Gasteiger partial charge in [0.25, 0.3) is 0 Å². The lowest BCUT2D eigenvalue weighted by Gasteiger charge is -2.05. The lowest BCUT2D eigenvalue weighted by molar-refractivity contribution is 0.490. The second kappa shape index (κ2) is 4.39. The summed E-state index contributed by atoms with van der Waals surface area (Å²) in [5.41, 5.74) is 1.54. The number of hydrogen-bond acceptors (Lipinski definition) is 2. The Labute approximate surface area is 94.1 Å². The summed E-state index contributed by atoms with van der Waals surface area (Å²) < 4.78 is 18.4. The third-order valence-electron chi connectivity index (χ3n) is 2.42. The van der Waals surface area contributed by atoms with Crippen LogP contribution in [0.15, 0.2) is 34.7 Å². The number of hydrogen-bond donors (Lipinski definition) is 1. The Kier molecular flexibility index (Phi) is 2.95. The van der Waals surface area contributed by atoms with Crippen LogP contribution in [-0.2, 0) is 6.54 Å². The number of nitrogens with one attached hydrogen (secondary N) is 1. The zero-order valence-corrected chi connectivity index (χ0v) is 9.38. The fraction of sp³-hybridized carbons (Fsp3) is 0.231. The molecule has 0 amide bonds. The summed E-state index contributed by atoms with van der Waals surface area (Å²) in [5.74, 6) is 1.59. The Morgan fingerprint density at radius 1 is 1.19 bits per heavy atom. The Morgan fingerprint density at radius 3 is 2.62 bits per heavy atom. The minimum atomic E-state index is -0.181. The monoisotopic (exact) mass is 219 g/mol. The van der Waals surface area contributed by atoms with Crippen molar-refractivity contribution in [2.45, 2.75) is 20.4 Å². The Hall–Kier alpha value is -1.77. The van der Waals surface area contributed by atoms with Gasteiger partial charge in [-0.25, -0.2) is 4.39 Å². The quantitative estimate of drug-likeness (QED) is 0.852. The highest BCUT2D eigenvalue weighted by Gasteiger charge is 2.01. The van der Waals surface area contributed by atoms with Crippen LogP contribution >= 0.6 is 0 Å². The molecule has 0 aliphatic rings. The number of halogens is 1. The molecule has 1 aromatic carbocycles. The summed E-state index contributed by atoms with van der Waals surface area (Å²) in [4.78, 5) is 0. The molecule has 0 saturated carbocycles. The van der Waals surface area contributed by atoms with Crippen LogP contribution in [0.25, 0.3) is 0 Å². The van der Waals surface area contributed by atoms with E-state index in [1.165, 1.54) is 6.07 Å². The minimum Gasteiger partial charge on any atom is -0.465 e. The van der Waals surface area contributed by atoms with E-state index >= 15 is 0 Å². The average Bonchev–Trinajstić information content (AvgIpc) is 2.66. The van der Waals surface area contributed by atoms with E-state index in [1.807, 2.05) is 19.1 Å². The zero-order valence-electron chi connectivity index (χ0n) is 9.38. The molecule has 0 aliphatic carbocycles. The van der Waals surface area contributed by atoms with Crippen molar-refractivity contribution in [3.63, 3.8) is 0 Å². The molecule has 2 nitrogen and oxygen atoms in total. The predicted molar refractivity (Wildman–Crippen MR) is 61.9 cm³/mol. The topological polar surface area (TPSA) is 25.2 Å². The van der Waals surface area contributed by atoms with Gasteiger partial charge in [0.15, 0.2) is 0 Å². The molecule has 0 bridgehead atoms. The van der Waals surface area contributed by atoms with E-state index in [0.29, 0.717) is 12.1 Å². The van der Waals surface area contributed by atoms with E-state index in [2.05, 4.69) is 5.32 Å². The van der Waals surface area contributed by atoms with Crippen molar-refractivity contribution < 1.29 is 8.81 Å². The van der Waals surface area contributed by atoms with E-state index in [1.54, 1.807) is 19.1 Å². The molecule has 0 aliphatic heterocycles. The van der Waals surface area contributed by atoms with Crippen LogP contribution in [-0.4, -0.2) is 0 Å². The summed E-state index contributed by atoms with van der Waals surface area (Å²) in [5, 5.41) is 3.18. The minimum absolute atomic E-state index is 0.181. The van der Waals surface area contributed by atoms with Crippen molar-refractivity contribution >= 4 is 5.69 Å². The highest BCUT2D eigenvalue weighted by molar-refractivity contribution is 5.46. The van der Waals surface area contributed by atoms with Gasteiger partial charge in [-0.3, -0.25) is 0 Å². The van der Waals surface area contributed by atoms with Gasteiger partial charge in [0.05, 0.1) is 6.54 Å². The van der Waals surface area contributed by atoms with Gasteiger partial charge in [-0.05, 0) is 49.7 Å². The van der Waals surface area contributed by atoms with Crippen molar-refractivity contribution in [2.75, 3.05) is 5.32 Å². The number of furan rings is 1. The van der Waals surface area contributed by atoms with Gasteiger partial charge < -0.3 is 9.73 Å². The maximum Gasteiger partial charge on any atom is 0.126 e. The molecule has 2 aromatic rings. The smallest absolute Gasteiger partial charge is 0.126 e. The van der Waals surface area contributed by atoms with Gasteiger partial charge in [0, 0.05) is 5.69 Å². The molecule has 0 spiro atoms. The van der Waals surface area contributed by atoms with Crippen LogP contribution in [0.5, 0.6) is 0 Å². The summed E-state index contributed by atoms with van der Waals surface area (Å²) in [7, 11) is 0. The molecule has 1 heterocycles. The number of aryl methyl sites for hydroxylation is 2. The molecule has 1 aromatic heterocycles. The molecule has 0 unspecified atom stereocenters. The van der Waals surface area contributed by atoms with E-state index in [4.69, 9.17) is 4.42 Å². The van der Waals surface area contributed by atoms with Gasteiger partial charge in [-0.15, -0.1) is 0 Å². The van der Waals surface area contributed by atoms with Crippen molar-refractivity contribution in [2.24, 2.45) is 0 Å². The molecule has 16 heavy (non-hydrogen) atoms. The van der Waals surface area contributed by atoms with Gasteiger partial charge >= 0.3 is 0 Å². The Bertz CT molecular complexity index is 490. The predicted octanol–water partition coefficient (Wildman–Crippen LogP) is 3.65. The lowest BCUT2D eigenvalue weighted by atomic mass is 10.2. The highest BCUT2D eigenvalue weighted by Crippen LogP contribution is 2.15. The standard InChI is InChI=1S/C13H14FNO/c1-9-7-11(4-6-13(9)14)15-8-12-5-3-10(2)16-12/h3-7,15H,8H2,1-2H3. The maximum atomic E-state index is 13.0. The molecular weight excluding hydrogens is 205 g/mol. The largest absolute Gasteiger partial charge is 0.465 e. The van der Waals surface area contributed by atoms with Crippen LogP contribution in [0, 0.1) is 19.7 Å². The van der Waals surface area contributed by atoms with Gasteiger partial charge in [-0.1, -0.05) is 0 Å². The van der Waals surface area contributed by atoms with Gasteiger partial charge in [-0.2, -0.15) is 0 Å². The number of anilines is 1. The molecule has 0 radical (unpaired) electrons. The van der Waals surface area contributed by atoms with Crippen LogP contribution in [0.1, 0.15) is 17.1 Å². The molecule has 84 valence electrons. The van der Waals surface area contributed by atoms with Crippen LogP contribution in [0.3, 0.4) is 0 Å². The van der Waals surface area contributed by atoms with Crippen molar-refractivity contribution in [3.8, 4) is 0 Å². The number of benzene rings is 1. The SMILES string of the molecule is Cc1ccc(CNc2ccc(F)c(C)c2)o1. The van der Waals surface area contributed by atoms with E-state index in [-0.39, 0.29) is 5.82 Å². The summed E-state index contributed by atoms with van der Waals surface area (Å²) in [6, 6.07) is 8.82. The van der Waals surface area contributed by atoms with Crippen LogP contribution in [0.4, 0.5) is 10.1 Å². The second-order valence-electron chi connectivity index (χ2n) is 3.83. The summed E-state index contributed by atoms with van der Waals surface area (Å²) >= 11 is 0. The molecular formula is C13H14FNO. The lowest BCUT2D eigenvalue weighted by Crippen LogP contribution is -1.98. The second-order valence-corrected chi connectivity index (χ2v) is 3.83. The van der Waals surface area contributed by atoms with Gasteiger partial charge in [0.1, 0.15) is 17.3 Å². The first-order chi connectivity index (χ1) is 7.65. The molecule has 0 atom stereocenters. The fourth-order valence-corrected chi connectivity index (χ4v) is 1.52. The first-order valence-corrected chi connectivity index (χ1v) is 5.20. The zero-order chi connectivity index (χ0) is 11.5. The third kappa shape index (κ3) is 2.42. The molecule has 0 fully saturated rings. The van der Waals surface area contributed by atoms with Crippen LogP contribution < -0.4 is 5.32 Å². The molecule has 2 rings (SSSR count). The Balaban J connectivity index is 2.02. The van der Waals surface area contributed by atoms with E-state index < -0.39 is 0 Å². The third-order valence-corrected chi connectivity index (χ3v) is 2.42. The first-order valence-electron chi connectivity index (χ1n) is 5.20. The van der Waals surface area contributed by atoms with Crippen molar-refractivity contribution in [1.29, 1.82) is 0 Å². The van der Waals surface area contributed by atoms with Gasteiger partial charge in [0.2, 0.25) is 0 Å².